The first-order valence-electron chi connectivity index (χ1n) is 7.20. The summed E-state index contributed by atoms with van der Waals surface area (Å²) in [5.74, 6) is 0.634. The normalized spacial score (nSPS) is 19.1. The molecule has 1 aliphatic rings. The lowest BCUT2D eigenvalue weighted by Gasteiger charge is -2.32. The van der Waals surface area contributed by atoms with E-state index in [9.17, 15) is 9.59 Å². The van der Waals surface area contributed by atoms with Gasteiger partial charge in [0.25, 0.3) is 5.91 Å². The van der Waals surface area contributed by atoms with E-state index < -0.39 is 5.97 Å². The Balaban J connectivity index is 1.94. The molecular formula is C15H21NO4. The Hall–Kier alpha value is -1.78. The van der Waals surface area contributed by atoms with Gasteiger partial charge in [-0.2, -0.15) is 0 Å². The molecule has 1 saturated heterocycles. The molecule has 1 atom stereocenters. The van der Waals surface area contributed by atoms with Gasteiger partial charge in [0.1, 0.15) is 5.76 Å². The Morgan fingerprint density at radius 1 is 1.45 bits per heavy atom. The molecule has 20 heavy (non-hydrogen) atoms. The molecule has 0 saturated carbocycles. The van der Waals surface area contributed by atoms with Crippen molar-refractivity contribution in [1.82, 2.24) is 4.90 Å². The highest BCUT2D eigenvalue weighted by Gasteiger charge is 2.26. The maximum atomic E-state index is 12.3. The second kappa shape index (κ2) is 6.59. The van der Waals surface area contributed by atoms with Crippen LogP contribution in [0.1, 0.15) is 48.9 Å². The molecule has 1 N–H and O–H groups in total. The molecule has 0 radical (unpaired) electrons. The number of hydrogen-bond acceptors (Lipinski definition) is 3. The van der Waals surface area contributed by atoms with Crippen molar-refractivity contribution >= 4 is 11.9 Å². The maximum Gasteiger partial charge on any atom is 0.303 e. The van der Waals surface area contributed by atoms with Crippen molar-refractivity contribution in [2.24, 2.45) is 5.92 Å². The van der Waals surface area contributed by atoms with Gasteiger partial charge in [0.05, 0.1) is 0 Å². The van der Waals surface area contributed by atoms with Crippen LogP contribution in [0.4, 0.5) is 0 Å². The summed E-state index contributed by atoms with van der Waals surface area (Å²) in [4.78, 5) is 24.7. The van der Waals surface area contributed by atoms with Crippen LogP contribution < -0.4 is 0 Å². The summed E-state index contributed by atoms with van der Waals surface area (Å²) < 4.78 is 5.50. The molecule has 5 heteroatoms. The van der Waals surface area contributed by atoms with Crippen LogP contribution in [0.15, 0.2) is 16.5 Å². The van der Waals surface area contributed by atoms with E-state index in [0.717, 1.165) is 31.6 Å². The summed E-state index contributed by atoms with van der Waals surface area (Å²) in [6.07, 6.45) is 3.51. The number of aryl methyl sites for hydroxylation is 1. The van der Waals surface area contributed by atoms with E-state index in [2.05, 4.69) is 0 Å². The number of carboxylic acids is 1. The number of likely N-dealkylation sites (tertiary alicyclic amines) is 1. The van der Waals surface area contributed by atoms with Crippen molar-refractivity contribution in [2.45, 2.75) is 39.0 Å². The number of amides is 1. The van der Waals surface area contributed by atoms with E-state index in [1.54, 1.807) is 11.0 Å². The van der Waals surface area contributed by atoms with Gasteiger partial charge in [-0.05, 0) is 37.3 Å². The van der Waals surface area contributed by atoms with Crippen molar-refractivity contribution in [3.05, 3.63) is 23.7 Å². The second-order valence-corrected chi connectivity index (χ2v) is 5.31. The van der Waals surface area contributed by atoms with Gasteiger partial charge in [0, 0.05) is 25.9 Å². The van der Waals surface area contributed by atoms with E-state index in [-0.39, 0.29) is 18.2 Å². The van der Waals surface area contributed by atoms with E-state index >= 15 is 0 Å². The fourth-order valence-electron chi connectivity index (χ4n) is 2.65. The molecule has 5 nitrogen and oxygen atoms in total. The number of piperidine rings is 1. The molecule has 2 heterocycles. The standard InChI is InChI=1S/C15H21NO4/c1-2-12-6-7-13(20-12)15(19)16-9-3-4-11(10-16)5-8-14(17)18/h6-7,11H,2-5,8-10H2,1H3,(H,17,18)/t11-/m0/s1. The largest absolute Gasteiger partial charge is 0.481 e. The summed E-state index contributed by atoms with van der Waals surface area (Å²) in [6.45, 7) is 3.34. The van der Waals surface area contributed by atoms with Gasteiger partial charge in [0.15, 0.2) is 5.76 Å². The number of rotatable bonds is 5. The van der Waals surface area contributed by atoms with Gasteiger partial charge >= 0.3 is 5.97 Å². The van der Waals surface area contributed by atoms with Crippen molar-refractivity contribution < 1.29 is 19.1 Å². The predicted molar refractivity (Wildman–Crippen MR) is 73.6 cm³/mol. The minimum atomic E-state index is -0.771. The molecule has 1 amide bonds. The van der Waals surface area contributed by atoms with Crippen LogP contribution in [0.5, 0.6) is 0 Å². The SMILES string of the molecule is CCc1ccc(C(=O)N2CCC[C@@H](CCC(=O)O)C2)o1. The first-order valence-corrected chi connectivity index (χ1v) is 7.20. The zero-order valence-corrected chi connectivity index (χ0v) is 11.8. The molecule has 2 rings (SSSR count). The summed E-state index contributed by atoms with van der Waals surface area (Å²) in [5, 5.41) is 8.73. The van der Waals surface area contributed by atoms with Crippen LogP contribution in [-0.2, 0) is 11.2 Å². The van der Waals surface area contributed by atoms with Gasteiger partial charge in [-0.15, -0.1) is 0 Å². The van der Waals surface area contributed by atoms with E-state index in [1.807, 2.05) is 13.0 Å². The van der Waals surface area contributed by atoms with Crippen LogP contribution in [-0.4, -0.2) is 35.0 Å². The van der Waals surface area contributed by atoms with E-state index in [4.69, 9.17) is 9.52 Å². The van der Waals surface area contributed by atoms with Crippen LogP contribution in [0.25, 0.3) is 0 Å². The summed E-state index contributed by atoms with van der Waals surface area (Å²) in [6, 6.07) is 3.56. The minimum absolute atomic E-state index is 0.0790. The molecule has 1 aliphatic heterocycles. The summed E-state index contributed by atoms with van der Waals surface area (Å²) in [5.41, 5.74) is 0. The quantitative estimate of drug-likeness (QED) is 0.899. The summed E-state index contributed by atoms with van der Waals surface area (Å²) >= 11 is 0. The molecule has 0 unspecified atom stereocenters. The molecule has 0 spiro atoms. The number of nitrogens with zero attached hydrogens (tertiary/aromatic N) is 1. The molecule has 0 bridgehead atoms. The first kappa shape index (κ1) is 14.6. The fraction of sp³-hybridized carbons (Fsp3) is 0.600. The number of carbonyl (C=O) groups is 2. The Bertz CT molecular complexity index is 480. The third-order valence-corrected chi connectivity index (χ3v) is 3.79. The predicted octanol–water partition coefficient (Wildman–Crippen LogP) is 2.56. The highest BCUT2D eigenvalue weighted by Crippen LogP contribution is 2.23. The zero-order chi connectivity index (χ0) is 14.5. The van der Waals surface area contributed by atoms with Gasteiger partial charge in [-0.3, -0.25) is 9.59 Å². The molecule has 0 aromatic carbocycles. The van der Waals surface area contributed by atoms with Crippen molar-refractivity contribution in [2.75, 3.05) is 13.1 Å². The van der Waals surface area contributed by atoms with E-state index in [0.29, 0.717) is 18.7 Å². The lowest BCUT2D eigenvalue weighted by molar-refractivity contribution is -0.137. The van der Waals surface area contributed by atoms with Crippen LogP contribution in [0.2, 0.25) is 0 Å². The lowest BCUT2D eigenvalue weighted by atomic mass is 9.93. The zero-order valence-electron chi connectivity index (χ0n) is 11.8. The maximum absolute atomic E-state index is 12.3. The molecule has 1 aromatic rings. The average molecular weight is 279 g/mol. The van der Waals surface area contributed by atoms with E-state index in [1.165, 1.54) is 0 Å². The van der Waals surface area contributed by atoms with Crippen molar-refractivity contribution in [3.8, 4) is 0 Å². The van der Waals surface area contributed by atoms with Crippen LogP contribution in [0.3, 0.4) is 0 Å². The Morgan fingerprint density at radius 2 is 2.25 bits per heavy atom. The molecule has 1 fully saturated rings. The molecule has 1 aromatic heterocycles. The monoisotopic (exact) mass is 279 g/mol. The van der Waals surface area contributed by atoms with Crippen LogP contribution in [0, 0.1) is 5.92 Å². The number of furan rings is 1. The van der Waals surface area contributed by atoms with Gasteiger partial charge in [0.2, 0.25) is 0 Å². The minimum Gasteiger partial charge on any atom is -0.481 e. The summed E-state index contributed by atoms with van der Waals surface area (Å²) in [7, 11) is 0. The smallest absolute Gasteiger partial charge is 0.303 e. The molecular weight excluding hydrogens is 258 g/mol. The number of aliphatic carboxylic acids is 1. The Kier molecular flexibility index (Phi) is 4.82. The number of carboxylic acid groups (broad SMARTS) is 1. The lowest BCUT2D eigenvalue weighted by Crippen LogP contribution is -2.39. The van der Waals surface area contributed by atoms with Gasteiger partial charge in [-0.25, -0.2) is 0 Å². The van der Waals surface area contributed by atoms with Gasteiger partial charge in [-0.1, -0.05) is 6.92 Å². The molecule has 0 aliphatic carbocycles. The van der Waals surface area contributed by atoms with Crippen molar-refractivity contribution in [3.63, 3.8) is 0 Å². The molecule has 110 valence electrons. The first-order chi connectivity index (χ1) is 9.60. The third kappa shape index (κ3) is 3.62. The fourth-order valence-corrected chi connectivity index (χ4v) is 2.65. The Labute approximate surface area is 118 Å². The highest BCUT2D eigenvalue weighted by atomic mass is 16.4. The van der Waals surface area contributed by atoms with Crippen molar-refractivity contribution in [1.29, 1.82) is 0 Å². The number of carbonyl (C=O) groups excluding carboxylic acids is 1. The second-order valence-electron chi connectivity index (χ2n) is 5.31. The highest BCUT2D eigenvalue weighted by molar-refractivity contribution is 5.91. The third-order valence-electron chi connectivity index (χ3n) is 3.79. The topological polar surface area (TPSA) is 70.8 Å². The number of hydrogen-bond donors (Lipinski definition) is 1. The van der Waals surface area contributed by atoms with Gasteiger partial charge < -0.3 is 14.4 Å². The van der Waals surface area contributed by atoms with Crippen LogP contribution >= 0.6 is 0 Å². The average Bonchev–Trinajstić information content (AvgIpc) is 2.93. The Morgan fingerprint density at radius 3 is 2.90 bits per heavy atom.